The van der Waals surface area contributed by atoms with Gasteiger partial charge in [-0.2, -0.15) is 0 Å². The third kappa shape index (κ3) is 2.86. The molecular formula is C14H19NO5. The number of aromatic hydroxyl groups is 1. The summed E-state index contributed by atoms with van der Waals surface area (Å²) in [6, 6.07) is 4.01. The standard InChI is InChI=1S/C14H19NO5/c1-9(11-7-10(19-2)3-4-13(11)16)15-5-6-20-8-12(15)14(17)18/h3-4,7,9,12,16H,5-6,8H2,1-2H3,(H,17,18). The second kappa shape index (κ2) is 6.11. The molecular weight excluding hydrogens is 262 g/mol. The van der Waals surface area contributed by atoms with Crippen LogP contribution in [0.5, 0.6) is 11.5 Å². The molecule has 0 radical (unpaired) electrons. The summed E-state index contributed by atoms with van der Waals surface area (Å²) < 4.78 is 10.4. The molecule has 1 aliphatic rings. The van der Waals surface area contributed by atoms with Gasteiger partial charge in [0.15, 0.2) is 0 Å². The highest BCUT2D eigenvalue weighted by Crippen LogP contribution is 2.33. The molecule has 1 aliphatic heterocycles. The molecule has 6 heteroatoms. The summed E-state index contributed by atoms with van der Waals surface area (Å²) in [7, 11) is 1.55. The van der Waals surface area contributed by atoms with E-state index in [9.17, 15) is 15.0 Å². The van der Waals surface area contributed by atoms with Crippen LogP contribution in [0.3, 0.4) is 0 Å². The number of carboxylic acid groups (broad SMARTS) is 1. The van der Waals surface area contributed by atoms with Crippen LogP contribution in [0, 0.1) is 0 Å². The number of aliphatic carboxylic acids is 1. The quantitative estimate of drug-likeness (QED) is 0.864. The Kier molecular flexibility index (Phi) is 4.46. The molecule has 1 saturated heterocycles. The van der Waals surface area contributed by atoms with Crippen LogP contribution < -0.4 is 4.74 Å². The number of methoxy groups -OCH3 is 1. The summed E-state index contributed by atoms with van der Waals surface area (Å²) in [4.78, 5) is 13.1. The van der Waals surface area contributed by atoms with Crippen molar-refractivity contribution in [1.82, 2.24) is 4.90 Å². The van der Waals surface area contributed by atoms with E-state index in [4.69, 9.17) is 9.47 Å². The number of ether oxygens (including phenoxy) is 2. The highest BCUT2D eigenvalue weighted by Gasteiger charge is 2.33. The number of phenolic OH excluding ortho intramolecular Hbond substituents is 1. The molecule has 0 spiro atoms. The van der Waals surface area contributed by atoms with E-state index < -0.39 is 12.0 Å². The third-order valence-corrected chi connectivity index (χ3v) is 3.64. The summed E-state index contributed by atoms with van der Waals surface area (Å²) in [5.41, 5.74) is 0.650. The average Bonchev–Trinajstić information content (AvgIpc) is 2.47. The van der Waals surface area contributed by atoms with Gasteiger partial charge in [0.25, 0.3) is 0 Å². The molecule has 2 rings (SSSR count). The Balaban J connectivity index is 2.29. The van der Waals surface area contributed by atoms with Crippen LogP contribution in [0.1, 0.15) is 18.5 Å². The maximum absolute atomic E-state index is 11.3. The number of hydrogen-bond acceptors (Lipinski definition) is 5. The molecule has 0 aromatic heterocycles. The van der Waals surface area contributed by atoms with Crippen molar-refractivity contribution in [3.8, 4) is 11.5 Å². The number of benzene rings is 1. The van der Waals surface area contributed by atoms with Crippen molar-refractivity contribution in [2.75, 3.05) is 26.9 Å². The highest BCUT2D eigenvalue weighted by molar-refractivity contribution is 5.73. The minimum atomic E-state index is -0.918. The normalized spacial score (nSPS) is 21.4. The van der Waals surface area contributed by atoms with Gasteiger partial charge in [-0.15, -0.1) is 0 Å². The van der Waals surface area contributed by atoms with Crippen LogP contribution in [0.4, 0.5) is 0 Å². The topological polar surface area (TPSA) is 79.2 Å². The van der Waals surface area contributed by atoms with Gasteiger partial charge in [0.05, 0.1) is 20.3 Å². The number of phenols is 1. The Morgan fingerprint density at radius 3 is 2.95 bits per heavy atom. The van der Waals surface area contributed by atoms with Crippen molar-refractivity contribution < 1.29 is 24.5 Å². The molecule has 2 unspecified atom stereocenters. The van der Waals surface area contributed by atoms with E-state index in [2.05, 4.69) is 0 Å². The fraction of sp³-hybridized carbons (Fsp3) is 0.500. The fourth-order valence-electron chi connectivity index (χ4n) is 2.47. The number of carbonyl (C=O) groups is 1. The highest BCUT2D eigenvalue weighted by atomic mass is 16.5. The van der Waals surface area contributed by atoms with E-state index in [1.807, 2.05) is 11.8 Å². The van der Waals surface area contributed by atoms with Gasteiger partial charge < -0.3 is 19.7 Å². The van der Waals surface area contributed by atoms with Gasteiger partial charge in [-0.3, -0.25) is 9.69 Å². The molecule has 1 heterocycles. The Morgan fingerprint density at radius 2 is 2.30 bits per heavy atom. The zero-order valence-corrected chi connectivity index (χ0v) is 11.6. The van der Waals surface area contributed by atoms with Crippen molar-refractivity contribution in [1.29, 1.82) is 0 Å². The molecule has 6 nitrogen and oxygen atoms in total. The Bertz CT molecular complexity index is 490. The van der Waals surface area contributed by atoms with Gasteiger partial charge >= 0.3 is 5.97 Å². The van der Waals surface area contributed by atoms with Gasteiger partial charge in [-0.05, 0) is 25.1 Å². The lowest BCUT2D eigenvalue weighted by Crippen LogP contribution is -2.50. The fourth-order valence-corrected chi connectivity index (χ4v) is 2.47. The summed E-state index contributed by atoms with van der Waals surface area (Å²) in [5, 5.41) is 19.3. The molecule has 0 amide bonds. The van der Waals surface area contributed by atoms with Gasteiger partial charge in [0.1, 0.15) is 17.5 Å². The number of morpholine rings is 1. The largest absolute Gasteiger partial charge is 0.508 e. The van der Waals surface area contributed by atoms with Crippen LogP contribution in [0.25, 0.3) is 0 Å². The lowest BCUT2D eigenvalue weighted by Gasteiger charge is -2.37. The molecule has 1 aromatic carbocycles. The zero-order valence-electron chi connectivity index (χ0n) is 11.6. The molecule has 110 valence electrons. The van der Waals surface area contributed by atoms with Gasteiger partial charge in [-0.25, -0.2) is 0 Å². The second-order valence-electron chi connectivity index (χ2n) is 4.77. The van der Waals surface area contributed by atoms with Crippen molar-refractivity contribution in [2.24, 2.45) is 0 Å². The van der Waals surface area contributed by atoms with Crippen LogP contribution in [0.15, 0.2) is 18.2 Å². The van der Waals surface area contributed by atoms with Gasteiger partial charge in [0.2, 0.25) is 0 Å². The summed E-state index contributed by atoms with van der Waals surface area (Å²) in [6.07, 6.45) is 0. The lowest BCUT2D eigenvalue weighted by atomic mass is 10.0. The SMILES string of the molecule is COc1ccc(O)c(C(C)N2CCOCC2C(=O)O)c1. The second-order valence-corrected chi connectivity index (χ2v) is 4.77. The molecule has 0 aliphatic carbocycles. The van der Waals surface area contributed by atoms with E-state index in [0.717, 1.165) is 0 Å². The summed E-state index contributed by atoms with van der Waals surface area (Å²) >= 11 is 0. The first-order chi connectivity index (χ1) is 9.54. The Labute approximate surface area is 117 Å². The number of carboxylic acids is 1. The first-order valence-electron chi connectivity index (χ1n) is 6.47. The van der Waals surface area contributed by atoms with Crippen molar-refractivity contribution in [3.63, 3.8) is 0 Å². The molecule has 2 N–H and O–H groups in total. The van der Waals surface area contributed by atoms with Crippen molar-refractivity contribution in [2.45, 2.75) is 19.0 Å². The monoisotopic (exact) mass is 281 g/mol. The average molecular weight is 281 g/mol. The molecule has 0 bridgehead atoms. The number of hydrogen-bond donors (Lipinski definition) is 2. The van der Waals surface area contributed by atoms with Crippen LogP contribution in [-0.2, 0) is 9.53 Å². The zero-order chi connectivity index (χ0) is 14.7. The van der Waals surface area contributed by atoms with E-state index in [1.54, 1.807) is 25.3 Å². The molecule has 0 saturated carbocycles. The number of rotatable bonds is 4. The van der Waals surface area contributed by atoms with E-state index in [0.29, 0.717) is 24.5 Å². The molecule has 2 atom stereocenters. The van der Waals surface area contributed by atoms with Gasteiger partial charge in [0, 0.05) is 18.2 Å². The first kappa shape index (κ1) is 14.6. The van der Waals surface area contributed by atoms with E-state index in [-0.39, 0.29) is 18.4 Å². The predicted molar refractivity (Wildman–Crippen MR) is 72.0 cm³/mol. The minimum Gasteiger partial charge on any atom is -0.508 e. The maximum atomic E-state index is 11.3. The predicted octanol–water partition coefficient (Wildman–Crippen LogP) is 1.25. The Hall–Kier alpha value is -1.79. The van der Waals surface area contributed by atoms with Crippen molar-refractivity contribution >= 4 is 5.97 Å². The number of nitrogens with zero attached hydrogens (tertiary/aromatic N) is 1. The maximum Gasteiger partial charge on any atom is 0.323 e. The van der Waals surface area contributed by atoms with Crippen molar-refractivity contribution in [3.05, 3.63) is 23.8 Å². The third-order valence-electron chi connectivity index (χ3n) is 3.64. The van der Waals surface area contributed by atoms with E-state index >= 15 is 0 Å². The van der Waals surface area contributed by atoms with Crippen LogP contribution in [-0.4, -0.2) is 54.0 Å². The molecule has 20 heavy (non-hydrogen) atoms. The van der Waals surface area contributed by atoms with Crippen LogP contribution in [0.2, 0.25) is 0 Å². The van der Waals surface area contributed by atoms with E-state index in [1.165, 1.54) is 0 Å². The summed E-state index contributed by atoms with van der Waals surface area (Å²) in [6.45, 7) is 3.02. The lowest BCUT2D eigenvalue weighted by molar-refractivity contribution is -0.151. The smallest absolute Gasteiger partial charge is 0.323 e. The van der Waals surface area contributed by atoms with Crippen LogP contribution >= 0.6 is 0 Å². The van der Waals surface area contributed by atoms with Gasteiger partial charge in [-0.1, -0.05) is 0 Å². The first-order valence-corrected chi connectivity index (χ1v) is 6.47. The summed E-state index contributed by atoms with van der Waals surface area (Å²) in [5.74, 6) is -0.155. The Morgan fingerprint density at radius 1 is 1.55 bits per heavy atom. The molecule has 1 fully saturated rings. The molecule has 1 aromatic rings. The minimum absolute atomic E-state index is 0.133.